The molecule has 8 nitrogen and oxygen atoms in total. The van der Waals surface area contributed by atoms with E-state index in [0.717, 1.165) is 0 Å². The SMILES string of the molecule is NC(=O)CC(C(=O)[C@@](N)(CC(=O)O)S(=O)(=O)c1cccc2ccccc12)c1ccccc1. The number of fused-ring (bicyclic) bond motifs is 1. The first-order valence-corrected chi connectivity index (χ1v) is 11.2. The van der Waals surface area contributed by atoms with Crippen LogP contribution in [0.15, 0.2) is 77.7 Å². The fourth-order valence-electron chi connectivity index (χ4n) is 3.71. The Kier molecular flexibility index (Phi) is 6.42. The van der Waals surface area contributed by atoms with E-state index in [1.807, 2.05) is 0 Å². The highest BCUT2D eigenvalue weighted by Gasteiger charge is 2.52. The molecule has 2 atom stereocenters. The monoisotopic (exact) mass is 454 g/mol. The quantitative estimate of drug-likeness (QED) is 0.446. The van der Waals surface area contributed by atoms with E-state index in [1.54, 1.807) is 48.5 Å². The Morgan fingerprint density at radius 3 is 2.12 bits per heavy atom. The summed E-state index contributed by atoms with van der Waals surface area (Å²) < 4.78 is 27.5. The number of hydrogen-bond acceptors (Lipinski definition) is 6. The number of amides is 1. The van der Waals surface area contributed by atoms with Gasteiger partial charge in [0.05, 0.1) is 17.2 Å². The number of primary amides is 1. The zero-order valence-corrected chi connectivity index (χ0v) is 17.8. The number of aliphatic carboxylic acids is 1. The van der Waals surface area contributed by atoms with E-state index in [9.17, 15) is 27.9 Å². The van der Waals surface area contributed by atoms with Crippen molar-refractivity contribution in [1.29, 1.82) is 0 Å². The molecule has 3 aromatic carbocycles. The molecule has 0 fully saturated rings. The zero-order valence-electron chi connectivity index (χ0n) is 17.0. The van der Waals surface area contributed by atoms with Gasteiger partial charge in [-0.05, 0) is 17.0 Å². The molecular weight excluding hydrogens is 432 g/mol. The van der Waals surface area contributed by atoms with Gasteiger partial charge in [-0.1, -0.05) is 66.7 Å². The molecule has 3 aromatic rings. The molecule has 0 aliphatic heterocycles. The van der Waals surface area contributed by atoms with Crippen LogP contribution in [-0.2, 0) is 24.2 Å². The molecule has 5 N–H and O–H groups in total. The first-order valence-electron chi connectivity index (χ1n) is 9.68. The van der Waals surface area contributed by atoms with Gasteiger partial charge in [-0.25, -0.2) is 8.42 Å². The molecule has 0 heterocycles. The van der Waals surface area contributed by atoms with E-state index in [-0.39, 0.29) is 4.90 Å². The normalized spacial score (nSPS) is 14.4. The maximum Gasteiger partial charge on any atom is 0.306 e. The number of carbonyl (C=O) groups is 3. The number of benzene rings is 3. The van der Waals surface area contributed by atoms with Crippen molar-refractivity contribution in [3.8, 4) is 0 Å². The third-order valence-electron chi connectivity index (χ3n) is 5.27. The van der Waals surface area contributed by atoms with Crippen LogP contribution in [0.2, 0.25) is 0 Å². The van der Waals surface area contributed by atoms with Crippen LogP contribution >= 0.6 is 0 Å². The molecule has 0 aromatic heterocycles. The molecule has 0 spiro atoms. The summed E-state index contributed by atoms with van der Waals surface area (Å²) in [7, 11) is -4.72. The highest BCUT2D eigenvalue weighted by atomic mass is 32.2. The van der Waals surface area contributed by atoms with Gasteiger partial charge >= 0.3 is 5.97 Å². The van der Waals surface area contributed by atoms with Crippen LogP contribution in [0.4, 0.5) is 0 Å². The van der Waals surface area contributed by atoms with E-state index in [4.69, 9.17) is 11.5 Å². The Bertz CT molecular complexity index is 1280. The summed E-state index contributed by atoms with van der Waals surface area (Å²) in [5.41, 5.74) is 11.8. The van der Waals surface area contributed by atoms with E-state index in [2.05, 4.69) is 0 Å². The number of nitrogens with two attached hydrogens (primary N) is 2. The first kappa shape index (κ1) is 23.1. The van der Waals surface area contributed by atoms with Crippen molar-refractivity contribution in [1.82, 2.24) is 0 Å². The summed E-state index contributed by atoms with van der Waals surface area (Å²) in [5.74, 6) is -4.87. The average Bonchev–Trinajstić information content (AvgIpc) is 2.76. The van der Waals surface area contributed by atoms with Crippen LogP contribution in [0.25, 0.3) is 10.8 Å². The predicted molar refractivity (Wildman–Crippen MR) is 118 cm³/mol. The van der Waals surface area contributed by atoms with Crippen molar-refractivity contribution < 1.29 is 27.9 Å². The predicted octanol–water partition coefficient (Wildman–Crippen LogP) is 1.97. The third kappa shape index (κ3) is 4.25. The molecule has 0 aliphatic carbocycles. The minimum absolute atomic E-state index is 0.265. The molecule has 1 unspecified atom stereocenters. The standard InChI is InChI=1S/C23H22N2O6S/c24-20(26)13-18(16-7-2-1-3-8-16)22(29)23(25,14-21(27)28)32(30,31)19-12-6-10-15-9-4-5-11-17(15)19/h1-12,18H,13-14,25H2,(H2,24,26)(H,27,28)/t18?,23-/m1/s1. The van der Waals surface area contributed by atoms with Gasteiger partial charge in [0.15, 0.2) is 10.7 Å². The van der Waals surface area contributed by atoms with Gasteiger partial charge in [0.25, 0.3) is 0 Å². The van der Waals surface area contributed by atoms with Crippen LogP contribution < -0.4 is 11.5 Å². The lowest BCUT2D eigenvalue weighted by molar-refractivity contribution is -0.140. The number of ketones is 1. The Labute approximate surface area is 184 Å². The smallest absolute Gasteiger partial charge is 0.306 e. The molecule has 0 aliphatic rings. The number of carboxylic acid groups (broad SMARTS) is 1. The fourth-order valence-corrected chi connectivity index (χ4v) is 5.55. The van der Waals surface area contributed by atoms with Crippen LogP contribution in [0.3, 0.4) is 0 Å². The van der Waals surface area contributed by atoms with E-state index in [0.29, 0.717) is 16.3 Å². The number of Topliss-reactive ketones (excluding diaryl/α,β-unsaturated/α-hetero) is 1. The summed E-state index contributed by atoms with van der Waals surface area (Å²) in [6, 6.07) is 19.0. The summed E-state index contributed by atoms with van der Waals surface area (Å²) >= 11 is 0. The van der Waals surface area contributed by atoms with Gasteiger partial charge in [0.2, 0.25) is 15.7 Å². The maximum atomic E-state index is 13.7. The second-order valence-electron chi connectivity index (χ2n) is 7.44. The summed E-state index contributed by atoms with van der Waals surface area (Å²) in [6.45, 7) is 0. The van der Waals surface area contributed by atoms with Gasteiger partial charge in [0.1, 0.15) is 0 Å². The van der Waals surface area contributed by atoms with Crippen LogP contribution in [0.5, 0.6) is 0 Å². The number of carboxylic acids is 1. The van der Waals surface area contributed by atoms with E-state index in [1.165, 1.54) is 24.3 Å². The second-order valence-corrected chi connectivity index (χ2v) is 9.61. The highest BCUT2D eigenvalue weighted by molar-refractivity contribution is 7.93. The number of rotatable bonds is 9. The molecule has 9 heteroatoms. The van der Waals surface area contributed by atoms with Crippen LogP contribution in [0.1, 0.15) is 24.3 Å². The van der Waals surface area contributed by atoms with Gasteiger partial charge < -0.3 is 16.6 Å². The molecule has 0 saturated heterocycles. The average molecular weight is 455 g/mol. The van der Waals surface area contributed by atoms with E-state index < -0.39 is 51.1 Å². The summed E-state index contributed by atoms with van der Waals surface area (Å²) in [6.07, 6.45) is -1.70. The maximum absolute atomic E-state index is 13.7. The van der Waals surface area contributed by atoms with E-state index >= 15 is 0 Å². The minimum atomic E-state index is -4.72. The van der Waals surface area contributed by atoms with Crippen LogP contribution in [0, 0.1) is 0 Å². The number of hydrogen-bond donors (Lipinski definition) is 3. The lowest BCUT2D eigenvalue weighted by Gasteiger charge is -2.30. The van der Waals surface area contributed by atoms with Gasteiger partial charge in [0, 0.05) is 11.8 Å². The molecule has 166 valence electrons. The highest BCUT2D eigenvalue weighted by Crippen LogP contribution is 2.36. The number of sulfone groups is 1. The summed E-state index contributed by atoms with van der Waals surface area (Å²) in [5, 5.41) is 10.3. The minimum Gasteiger partial charge on any atom is -0.481 e. The molecule has 3 rings (SSSR count). The lowest BCUT2D eigenvalue weighted by atomic mass is 9.86. The Balaban J connectivity index is 2.23. The largest absolute Gasteiger partial charge is 0.481 e. The Morgan fingerprint density at radius 1 is 0.906 bits per heavy atom. The van der Waals surface area contributed by atoms with Crippen molar-refractivity contribution >= 4 is 38.3 Å². The van der Waals surface area contributed by atoms with Gasteiger partial charge in [-0.15, -0.1) is 0 Å². The molecule has 0 saturated carbocycles. The third-order valence-corrected chi connectivity index (χ3v) is 7.51. The lowest BCUT2D eigenvalue weighted by Crippen LogP contribution is -2.57. The van der Waals surface area contributed by atoms with Crippen molar-refractivity contribution in [2.75, 3.05) is 0 Å². The second kappa shape index (κ2) is 8.89. The molecule has 0 radical (unpaired) electrons. The first-order chi connectivity index (χ1) is 15.1. The van der Waals surface area contributed by atoms with Crippen molar-refractivity contribution in [3.05, 3.63) is 78.4 Å². The Morgan fingerprint density at radius 2 is 1.50 bits per heavy atom. The zero-order chi connectivity index (χ0) is 23.5. The number of carbonyl (C=O) groups excluding carboxylic acids is 2. The van der Waals surface area contributed by atoms with Crippen molar-refractivity contribution in [2.24, 2.45) is 11.5 Å². The molecule has 32 heavy (non-hydrogen) atoms. The van der Waals surface area contributed by atoms with Crippen LogP contribution in [-0.4, -0.2) is 36.1 Å². The van der Waals surface area contributed by atoms with Gasteiger partial charge in [-0.2, -0.15) is 0 Å². The molecular formula is C23H22N2O6S. The van der Waals surface area contributed by atoms with Crippen molar-refractivity contribution in [2.45, 2.75) is 28.5 Å². The molecule has 0 bridgehead atoms. The Hall–Kier alpha value is -3.56. The van der Waals surface area contributed by atoms with Crippen molar-refractivity contribution in [3.63, 3.8) is 0 Å². The summed E-state index contributed by atoms with van der Waals surface area (Å²) in [4.78, 5) is 33.9. The van der Waals surface area contributed by atoms with Gasteiger partial charge in [-0.3, -0.25) is 14.4 Å². The topological polar surface area (TPSA) is 158 Å². The molecule has 1 amide bonds. The fraction of sp³-hybridized carbons (Fsp3) is 0.174.